The summed E-state index contributed by atoms with van der Waals surface area (Å²) in [6.07, 6.45) is 1.37. The van der Waals surface area contributed by atoms with E-state index < -0.39 is 5.41 Å². The van der Waals surface area contributed by atoms with Gasteiger partial charge in [-0.25, -0.2) is 0 Å². The van der Waals surface area contributed by atoms with Crippen LogP contribution in [0, 0.1) is 19.3 Å². The molecule has 178 valence electrons. The van der Waals surface area contributed by atoms with Gasteiger partial charge in [0, 0.05) is 11.5 Å². The normalized spacial score (nSPS) is 11.1. The van der Waals surface area contributed by atoms with Gasteiger partial charge in [-0.1, -0.05) is 38.1 Å². The molecule has 2 amide bonds. The van der Waals surface area contributed by atoms with Crippen LogP contribution in [-0.4, -0.2) is 29.6 Å². The summed E-state index contributed by atoms with van der Waals surface area (Å²) in [5, 5.41) is 8.76. The third-order valence-corrected chi connectivity index (χ3v) is 5.43. The van der Waals surface area contributed by atoms with Crippen molar-refractivity contribution in [3.8, 4) is 5.75 Å². The van der Waals surface area contributed by atoms with Crippen LogP contribution in [0.1, 0.15) is 62.0 Å². The Balaban J connectivity index is 1.88. The third kappa shape index (κ3) is 8.17. The van der Waals surface area contributed by atoms with Crippen LogP contribution in [-0.2, 0) is 4.79 Å². The van der Waals surface area contributed by atoms with Gasteiger partial charge in [-0.3, -0.25) is 9.59 Å². The van der Waals surface area contributed by atoms with Crippen LogP contribution in [0.2, 0.25) is 0 Å². The van der Waals surface area contributed by atoms with Crippen molar-refractivity contribution < 1.29 is 14.3 Å². The van der Waals surface area contributed by atoms with Crippen molar-refractivity contribution in [3.63, 3.8) is 0 Å². The fourth-order valence-corrected chi connectivity index (χ4v) is 3.43. The number of hydrogen-bond donors (Lipinski definition) is 3. The maximum Gasteiger partial charge on any atom is 0.253 e. The minimum atomic E-state index is -0.634. The second-order valence-electron chi connectivity index (χ2n) is 9.19. The molecule has 0 unspecified atom stereocenters. The van der Waals surface area contributed by atoms with Crippen molar-refractivity contribution in [1.82, 2.24) is 10.6 Å². The number of thiocarbonyl (C=S) groups is 1. The molecule has 0 radical (unpaired) electrons. The van der Waals surface area contributed by atoms with Gasteiger partial charge in [0.25, 0.3) is 5.91 Å². The van der Waals surface area contributed by atoms with E-state index in [1.807, 2.05) is 53.7 Å². The van der Waals surface area contributed by atoms with E-state index in [2.05, 4.69) is 22.0 Å². The monoisotopic (exact) mass is 469 g/mol. The number of aryl methyl sites for hydroxylation is 2. The zero-order valence-corrected chi connectivity index (χ0v) is 21.2. The predicted molar refractivity (Wildman–Crippen MR) is 138 cm³/mol. The Morgan fingerprint density at radius 2 is 1.79 bits per heavy atom. The van der Waals surface area contributed by atoms with Crippen molar-refractivity contribution in [3.05, 3.63) is 59.2 Å². The number of carbonyl (C=O) groups is 2. The maximum atomic E-state index is 12.8. The number of amides is 2. The smallest absolute Gasteiger partial charge is 0.253 e. The first-order valence-electron chi connectivity index (χ1n) is 11.2. The van der Waals surface area contributed by atoms with Crippen molar-refractivity contribution >= 4 is 34.8 Å². The Morgan fingerprint density at radius 1 is 1.09 bits per heavy atom. The lowest BCUT2D eigenvalue weighted by Gasteiger charge is -2.24. The third-order valence-electron chi connectivity index (χ3n) is 5.23. The minimum Gasteiger partial charge on any atom is -0.493 e. The highest BCUT2D eigenvalue weighted by Crippen LogP contribution is 2.24. The van der Waals surface area contributed by atoms with Crippen molar-refractivity contribution in [1.29, 1.82) is 0 Å². The van der Waals surface area contributed by atoms with Gasteiger partial charge in [-0.2, -0.15) is 0 Å². The van der Waals surface area contributed by atoms with E-state index in [9.17, 15) is 9.59 Å². The van der Waals surface area contributed by atoms with Gasteiger partial charge in [0.1, 0.15) is 5.75 Å². The second kappa shape index (κ2) is 11.8. The topological polar surface area (TPSA) is 79.5 Å². The van der Waals surface area contributed by atoms with Crippen molar-refractivity contribution in [2.75, 3.05) is 11.9 Å². The molecule has 2 rings (SSSR count). The number of ether oxygens (including phenoxy) is 1. The van der Waals surface area contributed by atoms with E-state index in [4.69, 9.17) is 17.0 Å². The van der Waals surface area contributed by atoms with Gasteiger partial charge in [0.15, 0.2) is 5.11 Å². The molecule has 0 aliphatic rings. The molecular weight excluding hydrogens is 434 g/mol. The Morgan fingerprint density at radius 3 is 2.48 bits per heavy atom. The number of anilines is 1. The molecule has 0 spiro atoms. The first-order valence-corrected chi connectivity index (χ1v) is 11.6. The zero-order chi connectivity index (χ0) is 24.6. The molecule has 0 saturated heterocycles. The van der Waals surface area contributed by atoms with Crippen LogP contribution in [0.4, 0.5) is 5.69 Å². The summed E-state index contributed by atoms with van der Waals surface area (Å²) in [4.78, 5) is 25.3. The number of nitrogens with one attached hydrogen (secondary N) is 3. The van der Waals surface area contributed by atoms with E-state index in [0.29, 0.717) is 24.3 Å². The molecule has 2 aromatic rings. The number of para-hydroxylation sites is 1. The standard InChI is InChI=1S/C26H35N3O3S/c1-17(2)27-23(30)20-10-7-8-11-21(20)28-25(33)29-24(31)26(5,6)14-9-15-32-22-16-18(3)12-13-19(22)4/h7-8,10-13,16-17H,9,14-15H2,1-6H3,(H,27,30)(H2,28,29,31,33). The first kappa shape index (κ1) is 26.3. The maximum absolute atomic E-state index is 12.8. The summed E-state index contributed by atoms with van der Waals surface area (Å²) in [6, 6.07) is 13.2. The molecule has 0 bridgehead atoms. The number of benzene rings is 2. The fourth-order valence-electron chi connectivity index (χ4n) is 3.23. The quantitative estimate of drug-likeness (QED) is 0.350. The number of carbonyl (C=O) groups excluding carboxylic acids is 2. The molecule has 0 saturated carbocycles. The number of hydrogen-bond acceptors (Lipinski definition) is 4. The van der Waals surface area contributed by atoms with E-state index in [1.54, 1.807) is 24.3 Å². The summed E-state index contributed by atoms with van der Waals surface area (Å²) in [7, 11) is 0. The van der Waals surface area contributed by atoms with Gasteiger partial charge < -0.3 is 20.7 Å². The molecule has 0 heterocycles. The van der Waals surface area contributed by atoms with Crippen LogP contribution >= 0.6 is 12.2 Å². The first-order chi connectivity index (χ1) is 15.5. The Labute approximate surface area is 202 Å². The van der Waals surface area contributed by atoms with Crippen LogP contribution < -0.4 is 20.7 Å². The average molecular weight is 470 g/mol. The molecule has 3 N–H and O–H groups in total. The van der Waals surface area contributed by atoms with Crippen LogP contribution in [0.15, 0.2) is 42.5 Å². The van der Waals surface area contributed by atoms with Crippen LogP contribution in [0.25, 0.3) is 0 Å². The van der Waals surface area contributed by atoms with Gasteiger partial charge in [-0.15, -0.1) is 0 Å². The summed E-state index contributed by atoms with van der Waals surface area (Å²) >= 11 is 5.34. The second-order valence-corrected chi connectivity index (χ2v) is 9.60. The van der Waals surface area contributed by atoms with Crippen molar-refractivity contribution in [2.24, 2.45) is 5.41 Å². The molecule has 0 aliphatic carbocycles. The molecule has 2 aromatic carbocycles. The lowest BCUT2D eigenvalue weighted by atomic mass is 9.87. The lowest BCUT2D eigenvalue weighted by molar-refractivity contribution is -0.128. The highest BCUT2D eigenvalue weighted by atomic mass is 32.1. The van der Waals surface area contributed by atoms with Gasteiger partial charge in [0.05, 0.1) is 17.9 Å². The molecule has 6 nitrogen and oxygen atoms in total. The highest BCUT2D eigenvalue weighted by Gasteiger charge is 2.28. The molecule has 0 aliphatic heterocycles. The van der Waals surface area contributed by atoms with E-state index in [-0.39, 0.29) is 23.0 Å². The van der Waals surface area contributed by atoms with E-state index in [1.165, 1.54) is 0 Å². The molecular formula is C26H35N3O3S. The SMILES string of the molecule is Cc1ccc(C)c(OCCCC(C)(C)C(=O)NC(=S)Nc2ccccc2C(=O)NC(C)C)c1. The average Bonchev–Trinajstić information content (AvgIpc) is 2.73. The summed E-state index contributed by atoms with van der Waals surface area (Å²) in [5.41, 5.74) is 2.62. The Kier molecular flexibility index (Phi) is 9.41. The Bertz CT molecular complexity index is 1000. The molecule has 33 heavy (non-hydrogen) atoms. The highest BCUT2D eigenvalue weighted by molar-refractivity contribution is 7.80. The molecule has 0 aromatic heterocycles. The van der Waals surface area contributed by atoms with Gasteiger partial charge in [0.2, 0.25) is 5.91 Å². The minimum absolute atomic E-state index is 0.0109. The summed E-state index contributed by atoms with van der Waals surface area (Å²) < 4.78 is 5.91. The van der Waals surface area contributed by atoms with E-state index >= 15 is 0 Å². The summed E-state index contributed by atoms with van der Waals surface area (Å²) in [6.45, 7) is 12.1. The molecule has 0 atom stereocenters. The molecule has 7 heteroatoms. The van der Waals surface area contributed by atoms with Crippen molar-refractivity contribution in [2.45, 2.75) is 60.4 Å². The van der Waals surface area contributed by atoms with Crippen LogP contribution in [0.3, 0.4) is 0 Å². The number of rotatable bonds is 9. The lowest BCUT2D eigenvalue weighted by Crippen LogP contribution is -2.43. The van der Waals surface area contributed by atoms with Crippen LogP contribution in [0.5, 0.6) is 5.75 Å². The largest absolute Gasteiger partial charge is 0.493 e. The van der Waals surface area contributed by atoms with Gasteiger partial charge in [-0.05, 0) is 82.1 Å². The molecule has 0 fully saturated rings. The Hall–Kier alpha value is -2.93. The summed E-state index contributed by atoms with van der Waals surface area (Å²) in [5.74, 6) is 0.491. The predicted octanol–water partition coefficient (Wildman–Crippen LogP) is 5.14. The fraction of sp³-hybridized carbons (Fsp3) is 0.423. The zero-order valence-electron chi connectivity index (χ0n) is 20.4. The van der Waals surface area contributed by atoms with E-state index in [0.717, 1.165) is 23.3 Å². The van der Waals surface area contributed by atoms with Gasteiger partial charge >= 0.3 is 0 Å².